The molecule has 3 aromatic carbocycles. The highest BCUT2D eigenvalue weighted by Crippen LogP contribution is 2.31. The average molecular weight is 472 g/mol. The van der Waals surface area contributed by atoms with Gasteiger partial charge in [0.15, 0.2) is 0 Å². The maximum atomic E-state index is 13.3. The molecule has 7 nitrogen and oxygen atoms in total. The number of aromatic hydroxyl groups is 1. The number of carbonyl (C=O) groups excluding carboxylic acids is 2. The van der Waals surface area contributed by atoms with E-state index < -0.39 is 0 Å². The van der Waals surface area contributed by atoms with Crippen LogP contribution in [0.5, 0.6) is 11.5 Å². The van der Waals surface area contributed by atoms with E-state index in [1.165, 1.54) is 12.1 Å². The van der Waals surface area contributed by atoms with Crippen LogP contribution in [0.2, 0.25) is 0 Å². The van der Waals surface area contributed by atoms with Crippen molar-refractivity contribution in [3.8, 4) is 11.5 Å². The van der Waals surface area contributed by atoms with Gasteiger partial charge >= 0.3 is 0 Å². The Kier molecular flexibility index (Phi) is 6.17. The third-order valence-electron chi connectivity index (χ3n) is 6.60. The van der Waals surface area contributed by atoms with Crippen LogP contribution in [0.25, 0.3) is 0 Å². The minimum Gasteiger partial charge on any atom is -0.507 e. The molecule has 0 bridgehead atoms. The lowest BCUT2D eigenvalue weighted by atomic mass is 10.1. The molecule has 0 saturated heterocycles. The molecule has 2 heterocycles. The van der Waals surface area contributed by atoms with Crippen LogP contribution in [-0.4, -0.2) is 58.9 Å². The molecule has 1 N–H and O–H groups in total. The van der Waals surface area contributed by atoms with Crippen molar-refractivity contribution in [2.24, 2.45) is 0 Å². The van der Waals surface area contributed by atoms with Crippen molar-refractivity contribution in [1.82, 2.24) is 14.7 Å². The lowest BCUT2D eigenvalue weighted by Crippen LogP contribution is -2.27. The van der Waals surface area contributed by atoms with E-state index in [0.717, 1.165) is 34.5 Å². The first-order chi connectivity index (χ1) is 16.9. The van der Waals surface area contributed by atoms with E-state index >= 15 is 0 Å². The number of hydrogen-bond acceptors (Lipinski definition) is 5. The minimum atomic E-state index is -0.298. The van der Waals surface area contributed by atoms with Gasteiger partial charge in [0.05, 0.1) is 5.56 Å². The van der Waals surface area contributed by atoms with Gasteiger partial charge in [-0.15, -0.1) is 0 Å². The second-order valence-electron chi connectivity index (χ2n) is 9.41. The van der Waals surface area contributed by atoms with Crippen molar-refractivity contribution in [3.63, 3.8) is 0 Å². The highest BCUT2D eigenvalue weighted by Gasteiger charge is 2.29. The first-order valence-corrected chi connectivity index (χ1v) is 11.8. The van der Waals surface area contributed by atoms with E-state index in [1.54, 1.807) is 15.9 Å². The summed E-state index contributed by atoms with van der Waals surface area (Å²) in [5, 5.41) is 10.5. The Hall–Kier alpha value is -3.84. The van der Waals surface area contributed by atoms with Crippen LogP contribution in [0.4, 0.5) is 0 Å². The summed E-state index contributed by atoms with van der Waals surface area (Å²) >= 11 is 0. The highest BCUT2D eigenvalue weighted by molar-refractivity contribution is 6.01. The Morgan fingerprint density at radius 1 is 0.829 bits per heavy atom. The van der Waals surface area contributed by atoms with Gasteiger partial charge in [-0.05, 0) is 66.7 Å². The quantitative estimate of drug-likeness (QED) is 0.594. The predicted octanol–water partition coefficient (Wildman–Crippen LogP) is 3.64. The Morgan fingerprint density at radius 3 is 2.14 bits per heavy atom. The van der Waals surface area contributed by atoms with E-state index in [9.17, 15) is 14.7 Å². The molecule has 2 aliphatic heterocycles. The number of phenolic OH excluding ortho intramolecular Hbond substituents is 1. The van der Waals surface area contributed by atoms with Crippen LogP contribution < -0.4 is 4.74 Å². The van der Waals surface area contributed by atoms with Crippen LogP contribution in [0.3, 0.4) is 0 Å². The van der Waals surface area contributed by atoms with Gasteiger partial charge in [0.25, 0.3) is 11.8 Å². The zero-order valence-corrected chi connectivity index (χ0v) is 20.0. The van der Waals surface area contributed by atoms with Crippen molar-refractivity contribution in [2.45, 2.75) is 26.2 Å². The SMILES string of the molecule is CN(C)CCOc1ccc2c(c1)CN(C(=O)c1cc(C(=O)N3Cc4ccccc4C3)ccc1O)C2. The first-order valence-electron chi connectivity index (χ1n) is 11.8. The summed E-state index contributed by atoms with van der Waals surface area (Å²) in [4.78, 5) is 32.0. The molecule has 2 amide bonds. The van der Waals surface area contributed by atoms with E-state index in [2.05, 4.69) is 4.90 Å². The number of ether oxygens (including phenoxy) is 1. The molecule has 7 heteroatoms. The fourth-order valence-corrected chi connectivity index (χ4v) is 4.62. The molecule has 5 rings (SSSR count). The molecule has 2 aliphatic rings. The molecule has 3 aromatic rings. The molecular formula is C28H29N3O4. The third-order valence-corrected chi connectivity index (χ3v) is 6.60. The molecule has 0 aromatic heterocycles. The normalized spacial score (nSPS) is 14.3. The van der Waals surface area contributed by atoms with Crippen LogP contribution >= 0.6 is 0 Å². The van der Waals surface area contributed by atoms with Gasteiger partial charge in [-0.25, -0.2) is 0 Å². The number of hydrogen-bond donors (Lipinski definition) is 1. The maximum absolute atomic E-state index is 13.3. The van der Waals surface area contributed by atoms with E-state index in [4.69, 9.17) is 4.74 Å². The molecular weight excluding hydrogens is 442 g/mol. The summed E-state index contributed by atoms with van der Waals surface area (Å²) in [5.74, 6) is 0.203. The molecule has 0 saturated carbocycles. The molecule has 0 fully saturated rings. The van der Waals surface area contributed by atoms with Crippen molar-refractivity contribution in [3.05, 3.63) is 94.0 Å². The topological polar surface area (TPSA) is 73.3 Å². The largest absolute Gasteiger partial charge is 0.507 e. The van der Waals surface area contributed by atoms with Gasteiger partial charge in [0.2, 0.25) is 0 Å². The number of rotatable bonds is 6. The van der Waals surface area contributed by atoms with Crippen LogP contribution in [0, 0.1) is 0 Å². The van der Waals surface area contributed by atoms with Gasteiger partial charge in [-0.1, -0.05) is 30.3 Å². The summed E-state index contributed by atoms with van der Waals surface area (Å²) in [7, 11) is 4.00. The molecule has 35 heavy (non-hydrogen) atoms. The predicted molar refractivity (Wildman–Crippen MR) is 132 cm³/mol. The summed E-state index contributed by atoms with van der Waals surface area (Å²) in [6.45, 7) is 3.37. The lowest BCUT2D eigenvalue weighted by Gasteiger charge is -2.19. The zero-order chi connectivity index (χ0) is 24.5. The van der Waals surface area contributed by atoms with Gasteiger partial charge in [-0.3, -0.25) is 9.59 Å². The third kappa shape index (κ3) is 4.72. The van der Waals surface area contributed by atoms with E-state index in [-0.39, 0.29) is 23.1 Å². The van der Waals surface area contributed by atoms with Crippen molar-refractivity contribution >= 4 is 11.8 Å². The maximum Gasteiger partial charge on any atom is 0.258 e. The van der Waals surface area contributed by atoms with Crippen LogP contribution in [0.15, 0.2) is 60.7 Å². The van der Waals surface area contributed by atoms with Crippen LogP contribution in [0.1, 0.15) is 43.0 Å². The second kappa shape index (κ2) is 9.43. The number of carbonyl (C=O) groups is 2. The number of nitrogens with zero attached hydrogens (tertiary/aromatic N) is 3. The Morgan fingerprint density at radius 2 is 1.46 bits per heavy atom. The molecule has 180 valence electrons. The van der Waals surface area contributed by atoms with Crippen molar-refractivity contribution in [1.29, 1.82) is 0 Å². The van der Waals surface area contributed by atoms with E-state index in [0.29, 0.717) is 38.3 Å². The van der Waals surface area contributed by atoms with Gasteiger partial charge in [0.1, 0.15) is 18.1 Å². The minimum absolute atomic E-state index is 0.125. The standard InChI is InChI=1S/C28H29N3O4/c1-29(2)11-12-35-24-9-7-22-17-31(18-23(22)13-24)28(34)25-14-19(8-10-26(25)32)27(33)30-15-20-5-3-4-6-21(20)16-30/h3-10,13-14,32H,11-12,15-18H2,1-2H3. The van der Waals surface area contributed by atoms with Crippen LogP contribution in [-0.2, 0) is 26.2 Å². The smallest absolute Gasteiger partial charge is 0.258 e. The molecule has 0 atom stereocenters. The summed E-state index contributed by atoms with van der Waals surface area (Å²) in [6.07, 6.45) is 0. The Balaban J connectivity index is 1.29. The van der Waals surface area contributed by atoms with Gasteiger partial charge in [0, 0.05) is 38.3 Å². The second-order valence-corrected chi connectivity index (χ2v) is 9.41. The number of amides is 2. The Labute approximate surface area is 205 Å². The van der Waals surface area contributed by atoms with E-state index in [1.807, 2.05) is 56.6 Å². The fourth-order valence-electron chi connectivity index (χ4n) is 4.62. The zero-order valence-electron chi connectivity index (χ0n) is 20.0. The molecule has 0 unspecified atom stereocenters. The molecule has 0 radical (unpaired) electrons. The van der Waals surface area contributed by atoms with Crippen molar-refractivity contribution < 1.29 is 19.4 Å². The molecule has 0 spiro atoms. The number of benzene rings is 3. The lowest BCUT2D eigenvalue weighted by molar-refractivity contribution is 0.0747. The average Bonchev–Trinajstić information content (AvgIpc) is 3.47. The number of fused-ring (bicyclic) bond motifs is 2. The number of likely N-dealkylation sites (N-methyl/N-ethyl adjacent to an activating group) is 1. The monoisotopic (exact) mass is 471 g/mol. The summed E-state index contributed by atoms with van der Waals surface area (Å²) in [6, 6.07) is 18.4. The fraction of sp³-hybridized carbons (Fsp3) is 0.286. The number of phenols is 1. The summed E-state index contributed by atoms with van der Waals surface area (Å²) in [5.41, 5.74) is 4.89. The Bertz CT molecular complexity index is 1260. The highest BCUT2D eigenvalue weighted by atomic mass is 16.5. The molecule has 0 aliphatic carbocycles. The first kappa shape index (κ1) is 22.9. The van der Waals surface area contributed by atoms with Crippen molar-refractivity contribution in [2.75, 3.05) is 27.2 Å². The summed E-state index contributed by atoms with van der Waals surface area (Å²) < 4.78 is 5.83. The van der Waals surface area contributed by atoms with Gasteiger partial charge in [-0.2, -0.15) is 0 Å². The van der Waals surface area contributed by atoms with Gasteiger partial charge < -0.3 is 24.5 Å².